The molecule has 39 heavy (non-hydrogen) atoms. The molecule has 1 unspecified atom stereocenters. The van der Waals surface area contributed by atoms with E-state index in [1.165, 1.54) is 34.9 Å². The van der Waals surface area contributed by atoms with Gasteiger partial charge in [-0.25, -0.2) is 0 Å². The smallest absolute Gasteiger partial charge is 0.307 e. The monoisotopic (exact) mass is 529 g/mol. The van der Waals surface area contributed by atoms with E-state index in [0.717, 1.165) is 17.7 Å². The Kier molecular flexibility index (Phi) is 9.96. The highest BCUT2D eigenvalue weighted by Gasteiger charge is 2.19. The molecule has 0 aliphatic carbocycles. The second-order valence-electron chi connectivity index (χ2n) is 11.7. The molecule has 3 rings (SSSR count). The van der Waals surface area contributed by atoms with Crippen molar-refractivity contribution < 1.29 is 19.1 Å². The van der Waals surface area contributed by atoms with Gasteiger partial charge in [-0.1, -0.05) is 71.0 Å². The second kappa shape index (κ2) is 13.0. The van der Waals surface area contributed by atoms with E-state index in [0.29, 0.717) is 11.5 Å². The Morgan fingerprint density at radius 3 is 2.00 bits per heavy atom. The maximum atomic E-state index is 12.5. The Morgan fingerprint density at radius 2 is 1.49 bits per heavy atom. The average Bonchev–Trinajstić information content (AvgIpc) is 2.87. The first-order chi connectivity index (χ1) is 18.4. The molecule has 3 aromatic rings. The third kappa shape index (κ3) is 8.19. The van der Waals surface area contributed by atoms with E-state index in [2.05, 4.69) is 94.9 Å². The van der Waals surface area contributed by atoms with Crippen LogP contribution in [0.2, 0.25) is 0 Å². The Morgan fingerprint density at radius 1 is 0.897 bits per heavy atom. The molecule has 1 N–H and O–H groups in total. The van der Waals surface area contributed by atoms with Gasteiger partial charge in [0.2, 0.25) is 0 Å². The number of amides is 1. The van der Waals surface area contributed by atoms with Crippen molar-refractivity contribution >= 4 is 11.9 Å². The third-order valence-corrected chi connectivity index (χ3v) is 6.90. The van der Waals surface area contributed by atoms with Crippen molar-refractivity contribution in [2.75, 3.05) is 13.7 Å². The maximum absolute atomic E-state index is 12.5. The van der Waals surface area contributed by atoms with Crippen molar-refractivity contribution in [2.45, 2.75) is 72.8 Å². The molecule has 0 saturated carbocycles. The van der Waals surface area contributed by atoms with Gasteiger partial charge in [-0.3, -0.25) is 9.59 Å². The van der Waals surface area contributed by atoms with Crippen LogP contribution in [0.5, 0.6) is 5.75 Å². The highest BCUT2D eigenvalue weighted by atomic mass is 16.5. The third-order valence-electron chi connectivity index (χ3n) is 6.90. The van der Waals surface area contributed by atoms with Gasteiger partial charge in [0.15, 0.2) is 0 Å². The van der Waals surface area contributed by atoms with Gasteiger partial charge in [0.25, 0.3) is 5.91 Å². The van der Waals surface area contributed by atoms with Crippen molar-refractivity contribution in [1.29, 1.82) is 0 Å². The zero-order chi connectivity index (χ0) is 28.7. The van der Waals surface area contributed by atoms with Gasteiger partial charge in [-0.05, 0) is 89.2 Å². The summed E-state index contributed by atoms with van der Waals surface area (Å²) >= 11 is 0. The predicted octanol–water partition coefficient (Wildman–Crippen LogP) is 7.73. The van der Waals surface area contributed by atoms with E-state index < -0.39 is 0 Å². The van der Waals surface area contributed by atoms with Gasteiger partial charge in [0.05, 0.1) is 13.5 Å². The van der Waals surface area contributed by atoms with Gasteiger partial charge in [-0.2, -0.15) is 0 Å². The fraction of sp³-hybridized carbons (Fsp3) is 0.412. The first kappa shape index (κ1) is 29.9. The summed E-state index contributed by atoms with van der Waals surface area (Å²) in [4.78, 5) is 23.7. The van der Waals surface area contributed by atoms with Gasteiger partial charge >= 0.3 is 5.97 Å². The zero-order valence-corrected chi connectivity index (χ0v) is 24.7. The molecule has 1 amide bonds. The number of esters is 1. The molecule has 0 heterocycles. The molecule has 0 saturated heterocycles. The summed E-state index contributed by atoms with van der Waals surface area (Å²) in [5.41, 5.74) is 7.81. The molecule has 0 aliphatic heterocycles. The van der Waals surface area contributed by atoms with Crippen LogP contribution in [0.4, 0.5) is 0 Å². The van der Waals surface area contributed by atoms with Crippen molar-refractivity contribution in [1.82, 2.24) is 5.32 Å². The van der Waals surface area contributed by atoms with Crippen molar-refractivity contribution in [3.05, 3.63) is 88.5 Å². The predicted molar refractivity (Wildman–Crippen MR) is 158 cm³/mol. The average molecular weight is 530 g/mol. The van der Waals surface area contributed by atoms with Gasteiger partial charge < -0.3 is 14.8 Å². The minimum atomic E-state index is -0.351. The minimum absolute atomic E-state index is 0.123. The van der Waals surface area contributed by atoms with Crippen LogP contribution >= 0.6 is 0 Å². The number of methoxy groups -OCH3 is 1. The molecule has 0 spiro atoms. The number of hydrogen-bond acceptors (Lipinski definition) is 4. The van der Waals surface area contributed by atoms with Gasteiger partial charge in [0, 0.05) is 12.1 Å². The van der Waals surface area contributed by atoms with Crippen LogP contribution in [0.25, 0.3) is 11.1 Å². The number of carbonyl (C=O) groups excluding carboxylic acids is 2. The SMILES string of the molecule is COC(=O)CCNC(=O)c1ccc(C(CC(C)C)Oc2cc(C)c(-c3ccc(C(C)(C)C)cc3)c(C)c2)cc1. The van der Waals surface area contributed by atoms with Crippen molar-refractivity contribution in [2.24, 2.45) is 5.92 Å². The van der Waals surface area contributed by atoms with Crippen LogP contribution in [-0.2, 0) is 14.9 Å². The Labute approximate surface area is 233 Å². The molecule has 0 fully saturated rings. The molecular weight excluding hydrogens is 486 g/mol. The summed E-state index contributed by atoms with van der Waals surface area (Å²) in [6.07, 6.45) is 0.848. The van der Waals surface area contributed by atoms with Crippen LogP contribution in [0.15, 0.2) is 60.7 Å². The number of rotatable bonds is 10. The molecule has 0 aromatic heterocycles. The summed E-state index contributed by atoms with van der Waals surface area (Å²) in [6.45, 7) is 15.6. The minimum Gasteiger partial charge on any atom is -0.486 e. The zero-order valence-electron chi connectivity index (χ0n) is 24.7. The Hall–Kier alpha value is -3.60. The molecule has 5 heteroatoms. The van der Waals surface area contributed by atoms with Crippen molar-refractivity contribution in [3.63, 3.8) is 0 Å². The molecule has 0 aliphatic rings. The quantitative estimate of drug-likeness (QED) is 0.273. The largest absolute Gasteiger partial charge is 0.486 e. The van der Waals surface area contributed by atoms with Crippen LogP contribution in [0, 0.1) is 19.8 Å². The summed E-state index contributed by atoms with van der Waals surface area (Å²) in [5.74, 6) is 0.704. The summed E-state index contributed by atoms with van der Waals surface area (Å²) in [7, 11) is 1.33. The lowest BCUT2D eigenvalue weighted by Gasteiger charge is -2.23. The molecule has 208 valence electrons. The molecular formula is C34H43NO4. The second-order valence-corrected chi connectivity index (χ2v) is 11.7. The van der Waals surface area contributed by atoms with Crippen LogP contribution < -0.4 is 10.1 Å². The normalized spacial score (nSPS) is 12.2. The fourth-order valence-corrected chi connectivity index (χ4v) is 4.76. The lowest BCUT2D eigenvalue weighted by molar-refractivity contribution is -0.140. The van der Waals surface area contributed by atoms with E-state index in [-0.39, 0.29) is 36.4 Å². The highest BCUT2D eigenvalue weighted by molar-refractivity contribution is 5.94. The molecule has 5 nitrogen and oxygen atoms in total. The van der Waals surface area contributed by atoms with E-state index in [4.69, 9.17) is 4.74 Å². The van der Waals surface area contributed by atoms with Gasteiger partial charge in [-0.15, -0.1) is 0 Å². The summed E-state index contributed by atoms with van der Waals surface area (Å²) in [5, 5.41) is 2.76. The number of benzene rings is 3. The van der Waals surface area contributed by atoms with E-state index in [9.17, 15) is 9.59 Å². The van der Waals surface area contributed by atoms with Crippen LogP contribution in [0.3, 0.4) is 0 Å². The first-order valence-electron chi connectivity index (χ1n) is 13.7. The lowest BCUT2D eigenvalue weighted by Crippen LogP contribution is -2.26. The standard InChI is InChI=1S/C34H43NO4/c1-22(2)19-30(25-9-11-27(12-10-25)33(37)35-18-17-31(36)38-8)39-29-20-23(3)32(24(4)21-29)26-13-15-28(16-14-26)34(5,6)7/h9-16,20-22,30H,17-19H2,1-8H3,(H,35,37). The number of ether oxygens (including phenoxy) is 2. The number of aryl methyl sites for hydroxylation is 2. The molecule has 3 aromatic carbocycles. The summed E-state index contributed by atoms with van der Waals surface area (Å²) < 4.78 is 11.2. The first-order valence-corrected chi connectivity index (χ1v) is 13.7. The molecule has 0 radical (unpaired) electrons. The maximum Gasteiger partial charge on any atom is 0.307 e. The number of hydrogen-bond donors (Lipinski definition) is 1. The topological polar surface area (TPSA) is 64.6 Å². The molecule has 1 atom stereocenters. The summed E-state index contributed by atoms with van der Waals surface area (Å²) in [6, 6.07) is 20.6. The fourth-order valence-electron chi connectivity index (χ4n) is 4.76. The van der Waals surface area contributed by atoms with Crippen LogP contribution in [0.1, 0.15) is 86.2 Å². The Balaban J connectivity index is 1.78. The number of nitrogens with one attached hydrogen (secondary N) is 1. The van der Waals surface area contributed by atoms with Crippen LogP contribution in [-0.4, -0.2) is 25.5 Å². The number of carbonyl (C=O) groups is 2. The van der Waals surface area contributed by atoms with E-state index in [1.54, 1.807) is 12.1 Å². The highest BCUT2D eigenvalue weighted by Crippen LogP contribution is 2.35. The Bertz CT molecular complexity index is 1250. The molecule has 0 bridgehead atoms. The van der Waals surface area contributed by atoms with Crippen molar-refractivity contribution in [3.8, 4) is 16.9 Å². The lowest BCUT2D eigenvalue weighted by atomic mass is 9.85. The van der Waals surface area contributed by atoms with Gasteiger partial charge in [0.1, 0.15) is 11.9 Å². The van der Waals surface area contributed by atoms with E-state index >= 15 is 0 Å². The van der Waals surface area contributed by atoms with E-state index in [1.807, 2.05) is 12.1 Å².